The van der Waals surface area contributed by atoms with Crippen LogP contribution in [-0.2, 0) is 0 Å². The molecule has 3 rings (SSSR count). The van der Waals surface area contributed by atoms with Crippen LogP contribution >= 0.6 is 0 Å². The smallest absolute Gasteiger partial charge is 0.146 e. The van der Waals surface area contributed by atoms with E-state index in [0.29, 0.717) is 5.69 Å². The largest absolute Gasteiger partial charge is 0.363 e. The van der Waals surface area contributed by atoms with E-state index in [1.165, 1.54) is 31.0 Å². The maximum absolute atomic E-state index is 14.0. The van der Waals surface area contributed by atoms with Crippen LogP contribution < -0.4 is 10.2 Å². The first-order valence-electron chi connectivity index (χ1n) is 7.06. The van der Waals surface area contributed by atoms with E-state index in [4.69, 9.17) is 0 Å². The zero-order valence-electron chi connectivity index (χ0n) is 11.3. The molecule has 1 aliphatic carbocycles. The summed E-state index contributed by atoms with van der Waals surface area (Å²) in [6.45, 7) is 3.66. The number of nitrogens with one attached hydrogen (secondary N) is 1. The predicted molar refractivity (Wildman–Crippen MR) is 72.4 cm³/mol. The highest BCUT2D eigenvalue weighted by Crippen LogP contribution is 2.35. The van der Waals surface area contributed by atoms with Crippen molar-refractivity contribution in [1.29, 1.82) is 0 Å². The molecule has 2 aliphatic rings. The van der Waals surface area contributed by atoms with Gasteiger partial charge in [0.2, 0.25) is 0 Å². The molecule has 1 unspecified atom stereocenters. The van der Waals surface area contributed by atoms with Crippen LogP contribution in [-0.4, -0.2) is 24.7 Å². The van der Waals surface area contributed by atoms with Crippen LogP contribution in [0, 0.1) is 11.6 Å². The van der Waals surface area contributed by atoms with Crippen molar-refractivity contribution in [3.63, 3.8) is 0 Å². The van der Waals surface area contributed by atoms with E-state index in [1.807, 2.05) is 4.90 Å². The van der Waals surface area contributed by atoms with Gasteiger partial charge in [0.1, 0.15) is 11.6 Å². The van der Waals surface area contributed by atoms with E-state index in [9.17, 15) is 8.78 Å². The maximum Gasteiger partial charge on any atom is 0.146 e. The molecule has 1 atom stereocenters. The fourth-order valence-electron chi connectivity index (χ4n) is 3.43. The van der Waals surface area contributed by atoms with Crippen LogP contribution in [0.2, 0.25) is 0 Å². The van der Waals surface area contributed by atoms with Gasteiger partial charge in [0, 0.05) is 30.7 Å². The second-order valence-electron chi connectivity index (χ2n) is 5.94. The minimum absolute atomic E-state index is 0.102. The number of hydrogen-bond acceptors (Lipinski definition) is 2. The van der Waals surface area contributed by atoms with Gasteiger partial charge >= 0.3 is 0 Å². The Labute approximate surface area is 112 Å². The first kappa shape index (κ1) is 12.9. The van der Waals surface area contributed by atoms with Gasteiger partial charge in [-0.3, -0.25) is 0 Å². The van der Waals surface area contributed by atoms with Crippen molar-refractivity contribution in [1.82, 2.24) is 5.32 Å². The molecular weight excluding hydrogens is 246 g/mol. The summed E-state index contributed by atoms with van der Waals surface area (Å²) in [5.41, 5.74) is 0.505. The zero-order chi connectivity index (χ0) is 13.5. The summed E-state index contributed by atoms with van der Waals surface area (Å²) in [6.07, 6.45) is 4.71. The number of piperazine rings is 1. The third-order valence-electron chi connectivity index (χ3n) is 4.56. The van der Waals surface area contributed by atoms with Crippen LogP contribution in [0.1, 0.15) is 32.6 Å². The predicted octanol–water partition coefficient (Wildman–Crippen LogP) is 3.08. The van der Waals surface area contributed by atoms with Gasteiger partial charge in [-0.05, 0) is 31.9 Å². The molecule has 1 aromatic rings. The van der Waals surface area contributed by atoms with Crippen molar-refractivity contribution in [3.8, 4) is 0 Å². The second kappa shape index (κ2) is 4.75. The molecule has 0 radical (unpaired) electrons. The van der Waals surface area contributed by atoms with Crippen LogP contribution in [0.3, 0.4) is 0 Å². The highest BCUT2D eigenvalue weighted by Gasteiger charge is 2.40. The minimum Gasteiger partial charge on any atom is -0.363 e. The van der Waals surface area contributed by atoms with E-state index in [2.05, 4.69) is 12.2 Å². The molecule has 4 heteroatoms. The molecule has 1 aliphatic heterocycles. The van der Waals surface area contributed by atoms with Gasteiger partial charge in [-0.2, -0.15) is 0 Å². The van der Waals surface area contributed by atoms with E-state index in [1.54, 1.807) is 0 Å². The third-order valence-corrected chi connectivity index (χ3v) is 4.56. The number of benzene rings is 1. The normalized spacial score (nSPS) is 26.1. The lowest BCUT2D eigenvalue weighted by Crippen LogP contribution is -2.62. The molecule has 1 heterocycles. The molecule has 2 nitrogen and oxygen atoms in total. The molecule has 0 amide bonds. The Balaban J connectivity index is 1.91. The average Bonchev–Trinajstić information content (AvgIpc) is 2.84. The second-order valence-corrected chi connectivity index (χ2v) is 5.94. The number of anilines is 1. The van der Waals surface area contributed by atoms with E-state index in [-0.39, 0.29) is 23.2 Å². The molecule has 0 aromatic heterocycles. The van der Waals surface area contributed by atoms with Gasteiger partial charge in [0.05, 0.1) is 5.69 Å². The fraction of sp³-hybridized carbons (Fsp3) is 0.600. The van der Waals surface area contributed by atoms with E-state index in [0.717, 1.165) is 25.9 Å². The Morgan fingerprint density at radius 3 is 2.74 bits per heavy atom. The Hall–Kier alpha value is -1.16. The number of rotatable bonds is 1. The van der Waals surface area contributed by atoms with Crippen molar-refractivity contribution < 1.29 is 8.78 Å². The fourth-order valence-corrected chi connectivity index (χ4v) is 3.43. The lowest BCUT2D eigenvalue weighted by Gasteiger charge is -2.46. The van der Waals surface area contributed by atoms with Crippen molar-refractivity contribution in [2.45, 2.75) is 44.2 Å². The number of halogens is 2. The highest BCUT2D eigenvalue weighted by atomic mass is 19.1. The molecular formula is C15H20F2N2. The van der Waals surface area contributed by atoms with E-state index >= 15 is 0 Å². The molecule has 1 saturated carbocycles. The first-order chi connectivity index (χ1) is 9.10. The summed E-state index contributed by atoms with van der Waals surface area (Å²) in [6, 6.07) is 3.90. The molecule has 0 bridgehead atoms. The zero-order valence-corrected chi connectivity index (χ0v) is 11.3. The lowest BCUT2D eigenvalue weighted by molar-refractivity contribution is 0.275. The molecule has 1 N–H and O–H groups in total. The quantitative estimate of drug-likeness (QED) is 0.840. The summed E-state index contributed by atoms with van der Waals surface area (Å²) in [5.74, 6) is -0.703. The van der Waals surface area contributed by atoms with Crippen LogP contribution in [0.25, 0.3) is 0 Å². The molecule has 1 aromatic carbocycles. The van der Waals surface area contributed by atoms with Gasteiger partial charge in [-0.15, -0.1) is 0 Å². The van der Waals surface area contributed by atoms with Crippen molar-refractivity contribution in [2.24, 2.45) is 0 Å². The Bertz CT molecular complexity index is 469. The number of nitrogens with zero attached hydrogens (tertiary/aromatic N) is 1. The molecule has 1 spiro atoms. The average molecular weight is 266 g/mol. The van der Waals surface area contributed by atoms with Crippen LogP contribution in [0.5, 0.6) is 0 Å². The molecule has 19 heavy (non-hydrogen) atoms. The van der Waals surface area contributed by atoms with Crippen molar-refractivity contribution >= 4 is 5.69 Å². The summed E-state index contributed by atoms with van der Waals surface area (Å²) in [7, 11) is 0. The van der Waals surface area contributed by atoms with Gasteiger partial charge in [0.15, 0.2) is 0 Å². The van der Waals surface area contributed by atoms with Crippen LogP contribution in [0.4, 0.5) is 14.5 Å². The van der Waals surface area contributed by atoms with E-state index < -0.39 is 0 Å². The summed E-state index contributed by atoms with van der Waals surface area (Å²) >= 11 is 0. The Morgan fingerprint density at radius 1 is 1.26 bits per heavy atom. The topological polar surface area (TPSA) is 15.3 Å². The van der Waals surface area contributed by atoms with Gasteiger partial charge in [-0.1, -0.05) is 12.8 Å². The monoisotopic (exact) mass is 266 g/mol. The highest BCUT2D eigenvalue weighted by molar-refractivity contribution is 5.50. The SMILES string of the molecule is CC1CNC2(CCCC2)CN1c1cc(F)ccc1F. The summed E-state index contributed by atoms with van der Waals surface area (Å²) in [5, 5.41) is 3.62. The lowest BCUT2D eigenvalue weighted by atomic mass is 9.92. The minimum atomic E-state index is -0.373. The number of hydrogen-bond donors (Lipinski definition) is 1. The third kappa shape index (κ3) is 2.34. The summed E-state index contributed by atoms with van der Waals surface area (Å²) < 4.78 is 27.4. The molecule has 104 valence electrons. The van der Waals surface area contributed by atoms with Gasteiger partial charge < -0.3 is 10.2 Å². The first-order valence-corrected chi connectivity index (χ1v) is 7.06. The molecule has 1 saturated heterocycles. The van der Waals surface area contributed by atoms with Crippen molar-refractivity contribution in [2.75, 3.05) is 18.0 Å². The molecule has 2 fully saturated rings. The van der Waals surface area contributed by atoms with Crippen LogP contribution in [0.15, 0.2) is 18.2 Å². The summed E-state index contributed by atoms with van der Waals surface area (Å²) in [4.78, 5) is 2.03. The van der Waals surface area contributed by atoms with Gasteiger partial charge in [0.25, 0.3) is 0 Å². The Morgan fingerprint density at radius 2 is 2.00 bits per heavy atom. The van der Waals surface area contributed by atoms with Gasteiger partial charge in [-0.25, -0.2) is 8.78 Å². The van der Waals surface area contributed by atoms with Crippen molar-refractivity contribution in [3.05, 3.63) is 29.8 Å². The Kier molecular flexibility index (Phi) is 3.21. The maximum atomic E-state index is 14.0. The standard InChI is InChI=1S/C15H20F2N2/c1-11-9-18-15(6-2-3-7-15)10-19(11)14-8-12(16)4-5-13(14)17/h4-5,8,11,18H,2-3,6-7,9-10H2,1H3.